The largest absolute Gasteiger partial charge is 0.378 e. The van der Waals surface area contributed by atoms with Crippen LogP contribution in [0.3, 0.4) is 0 Å². The van der Waals surface area contributed by atoms with E-state index in [4.69, 9.17) is 21.1 Å². The number of nitrogens with zero attached hydrogens (tertiary/aromatic N) is 8. The predicted molar refractivity (Wildman–Crippen MR) is 199 cm³/mol. The number of anilines is 8. The minimum Gasteiger partial charge on any atom is -0.378 e. The van der Waals surface area contributed by atoms with Gasteiger partial charge in [-0.05, 0) is 66.4 Å². The molecule has 2 saturated heterocycles. The molecule has 13 nitrogen and oxygen atoms in total. The molecule has 4 heterocycles. The summed E-state index contributed by atoms with van der Waals surface area (Å²) in [5, 5.41) is 9.91. The van der Waals surface area contributed by atoms with Crippen LogP contribution in [-0.2, 0) is 15.9 Å². The fraction of sp³-hybridized carbons (Fsp3) is 0.333. The van der Waals surface area contributed by atoms with Crippen molar-refractivity contribution in [3.8, 4) is 0 Å². The minimum atomic E-state index is 0.180. The summed E-state index contributed by atoms with van der Waals surface area (Å²) < 4.78 is 10.8. The summed E-state index contributed by atoms with van der Waals surface area (Å²) >= 11 is 5.98. The van der Waals surface area contributed by atoms with Gasteiger partial charge in [0.15, 0.2) is 0 Å². The fourth-order valence-corrected chi connectivity index (χ4v) is 5.40. The van der Waals surface area contributed by atoms with Crippen molar-refractivity contribution in [2.45, 2.75) is 26.2 Å². The summed E-state index contributed by atoms with van der Waals surface area (Å²) in [5.41, 5.74) is 4.14. The van der Waals surface area contributed by atoms with Crippen LogP contribution in [0.4, 0.5) is 46.8 Å². The molecule has 0 spiro atoms. The van der Waals surface area contributed by atoms with Crippen molar-refractivity contribution < 1.29 is 9.47 Å². The van der Waals surface area contributed by atoms with Gasteiger partial charge in [-0.25, -0.2) is 0 Å². The van der Waals surface area contributed by atoms with E-state index >= 15 is 0 Å². The molecule has 2 aromatic heterocycles. The Hall–Kier alpha value is -5.11. The van der Waals surface area contributed by atoms with Gasteiger partial charge in [-0.1, -0.05) is 61.9 Å². The molecule has 7 rings (SSSR count). The molecule has 2 aliphatic heterocycles. The topological polar surface area (TPSA) is 138 Å². The number of ether oxygens (including phenoxy) is 2. The number of unbranched alkanes of at least 4 members (excludes halogenated alkanes) is 1. The zero-order chi connectivity index (χ0) is 34.4. The van der Waals surface area contributed by atoms with E-state index < -0.39 is 0 Å². The molecule has 0 radical (unpaired) electrons. The Morgan fingerprint density at radius 1 is 0.560 bits per heavy atom. The van der Waals surface area contributed by atoms with E-state index in [9.17, 15) is 0 Å². The van der Waals surface area contributed by atoms with Crippen LogP contribution >= 0.6 is 11.6 Å². The molecule has 0 amide bonds. The molecule has 0 saturated carbocycles. The molecule has 14 heteroatoms. The van der Waals surface area contributed by atoms with Crippen LogP contribution in [0, 0.1) is 0 Å². The highest BCUT2D eigenvalue weighted by molar-refractivity contribution is 6.28. The SMILES string of the molecule is CCCCc1ccc(Nc2nc(Nc3ccccc3)nc(N3CCOCC3)n2)cc1.Clc1nc(Nc2ccccc2)nc(N2CCOCC2)n1. The van der Waals surface area contributed by atoms with Crippen LogP contribution in [0.15, 0.2) is 84.9 Å². The number of aryl methyl sites for hydroxylation is 1. The molecule has 50 heavy (non-hydrogen) atoms. The van der Waals surface area contributed by atoms with Gasteiger partial charge in [0.2, 0.25) is 35.0 Å². The average Bonchev–Trinajstić information content (AvgIpc) is 3.16. The molecule has 260 valence electrons. The molecule has 0 atom stereocenters. The van der Waals surface area contributed by atoms with E-state index in [-0.39, 0.29) is 5.28 Å². The van der Waals surface area contributed by atoms with E-state index in [1.807, 2.05) is 65.6 Å². The summed E-state index contributed by atoms with van der Waals surface area (Å²) in [4.78, 5) is 30.7. The number of hydrogen-bond acceptors (Lipinski definition) is 13. The number of morpholine rings is 2. The third kappa shape index (κ3) is 10.4. The van der Waals surface area contributed by atoms with Crippen LogP contribution in [-0.4, -0.2) is 82.5 Å². The van der Waals surface area contributed by atoms with Crippen molar-refractivity contribution in [2.24, 2.45) is 0 Å². The van der Waals surface area contributed by atoms with E-state index in [0.29, 0.717) is 56.2 Å². The number of benzene rings is 3. The summed E-state index contributed by atoms with van der Waals surface area (Å²) in [6.45, 7) is 7.94. The van der Waals surface area contributed by atoms with Crippen molar-refractivity contribution >= 4 is 58.4 Å². The first kappa shape index (κ1) is 34.7. The van der Waals surface area contributed by atoms with E-state index in [0.717, 1.165) is 49.7 Å². The lowest BCUT2D eigenvalue weighted by Gasteiger charge is -2.27. The van der Waals surface area contributed by atoms with Crippen LogP contribution < -0.4 is 25.8 Å². The first-order valence-corrected chi connectivity index (χ1v) is 17.3. The summed E-state index contributed by atoms with van der Waals surface area (Å²) in [6, 6.07) is 28.1. The highest BCUT2D eigenvalue weighted by Gasteiger charge is 2.18. The molecule has 2 aliphatic rings. The Labute approximate surface area is 297 Å². The summed E-state index contributed by atoms with van der Waals surface area (Å²) in [6.07, 6.45) is 3.51. The number of hydrogen-bond donors (Lipinski definition) is 3. The lowest BCUT2D eigenvalue weighted by Crippen LogP contribution is -2.37. The minimum absolute atomic E-state index is 0.180. The van der Waals surface area contributed by atoms with Crippen LogP contribution in [0.25, 0.3) is 0 Å². The van der Waals surface area contributed by atoms with Gasteiger partial charge in [0.25, 0.3) is 0 Å². The van der Waals surface area contributed by atoms with Crippen LogP contribution in [0.2, 0.25) is 5.28 Å². The zero-order valence-corrected chi connectivity index (χ0v) is 28.9. The first-order valence-electron chi connectivity index (χ1n) is 16.9. The van der Waals surface area contributed by atoms with Gasteiger partial charge in [-0.3, -0.25) is 0 Å². The molecule has 0 aliphatic carbocycles. The van der Waals surface area contributed by atoms with Crippen LogP contribution in [0.5, 0.6) is 0 Å². The lowest BCUT2D eigenvalue weighted by molar-refractivity contribution is 0.122. The Balaban J connectivity index is 0.000000187. The van der Waals surface area contributed by atoms with Gasteiger partial charge in [-0.15, -0.1) is 0 Å². The molecule has 5 aromatic rings. The summed E-state index contributed by atoms with van der Waals surface area (Å²) in [7, 11) is 0. The van der Waals surface area contributed by atoms with Gasteiger partial charge in [0, 0.05) is 43.2 Å². The first-order chi connectivity index (χ1) is 24.6. The Kier molecular flexibility index (Phi) is 12.5. The molecular weight excluding hydrogens is 654 g/mol. The molecular formula is C36H42ClN11O2. The molecule has 3 N–H and O–H groups in total. The number of halogens is 1. The maximum Gasteiger partial charge on any atom is 0.233 e. The van der Waals surface area contributed by atoms with Gasteiger partial charge < -0.3 is 35.2 Å². The molecule has 0 unspecified atom stereocenters. The van der Waals surface area contributed by atoms with Crippen LogP contribution in [0.1, 0.15) is 25.3 Å². The molecule has 0 bridgehead atoms. The number of aromatic nitrogens is 6. The molecule has 2 fully saturated rings. The van der Waals surface area contributed by atoms with Crippen molar-refractivity contribution in [2.75, 3.05) is 78.4 Å². The quantitative estimate of drug-likeness (QED) is 0.136. The average molecular weight is 696 g/mol. The second kappa shape index (κ2) is 18.0. The second-order valence-corrected chi connectivity index (χ2v) is 12.0. The molecule has 3 aromatic carbocycles. The lowest BCUT2D eigenvalue weighted by atomic mass is 10.1. The van der Waals surface area contributed by atoms with Crippen molar-refractivity contribution in [1.82, 2.24) is 29.9 Å². The monoisotopic (exact) mass is 695 g/mol. The van der Waals surface area contributed by atoms with E-state index in [2.05, 4.69) is 81.9 Å². The van der Waals surface area contributed by atoms with Gasteiger partial charge >= 0.3 is 0 Å². The summed E-state index contributed by atoms with van der Waals surface area (Å²) in [5.74, 6) is 2.70. The highest BCUT2D eigenvalue weighted by atomic mass is 35.5. The maximum atomic E-state index is 5.98. The second-order valence-electron chi connectivity index (χ2n) is 11.6. The maximum absolute atomic E-state index is 5.98. The Bertz CT molecular complexity index is 1760. The normalized spacial score (nSPS) is 14.4. The third-order valence-corrected chi connectivity index (χ3v) is 8.07. The predicted octanol–water partition coefficient (Wildman–Crippen LogP) is 6.64. The van der Waals surface area contributed by atoms with Gasteiger partial charge in [0.1, 0.15) is 0 Å². The van der Waals surface area contributed by atoms with Crippen molar-refractivity contribution in [1.29, 1.82) is 0 Å². The smallest absolute Gasteiger partial charge is 0.233 e. The van der Waals surface area contributed by atoms with Crippen molar-refractivity contribution in [3.63, 3.8) is 0 Å². The number of nitrogens with one attached hydrogen (secondary N) is 3. The standard InChI is InChI=1S/C23H28N6O.C13H14ClN5O/c1-2-3-7-18-10-12-20(13-11-18)25-22-26-21(24-19-8-5-4-6-9-19)27-23(28-22)29-14-16-30-17-15-29;14-11-16-12(15-10-4-2-1-3-5-10)18-13(17-11)19-6-8-20-9-7-19/h4-6,8-13H,2-3,7,14-17H2,1H3,(H2,24,25,26,27,28);1-5H,6-9H2,(H,15,16,17,18). The fourth-order valence-electron chi connectivity index (χ4n) is 5.25. The number of rotatable bonds is 11. The van der Waals surface area contributed by atoms with Gasteiger partial charge in [0.05, 0.1) is 26.4 Å². The third-order valence-electron chi connectivity index (χ3n) is 7.90. The highest BCUT2D eigenvalue weighted by Crippen LogP contribution is 2.22. The van der Waals surface area contributed by atoms with Gasteiger partial charge in [-0.2, -0.15) is 29.9 Å². The zero-order valence-electron chi connectivity index (χ0n) is 28.1. The Morgan fingerprint density at radius 3 is 1.48 bits per heavy atom. The van der Waals surface area contributed by atoms with Crippen molar-refractivity contribution in [3.05, 3.63) is 95.8 Å². The van der Waals surface area contributed by atoms with E-state index in [1.165, 1.54) is 18.4 Å². The van der Waals surface area contributed by atoms with E-state index in [1.54, 1.807) is 0 Å². The Morgan fingerprint density at radius 2 is 1.00 bits per heavy atom. The number of para-hydroxylation sites is 2.